The fourth-order valence-electron chi connectivity index (χ4n) is 1.62. The summed E-state index contributed by atoms with van der Waals surface area (Å²) in [5, 5.41) is 3.28. The van der Waals surface area contributed by atoms with Gasteiger partial charge in [-0.05, 0) is 6.42 Å². The van der Waals surface area contributed by atoms with Crippen LogP contribution in [0.3, 0.4) is 0 Å². The highest BCUT2D eigenvalue weighted by Gasteiger charge is 2.09. The van der Waals surface area contributed by atoms with E-state index in [1.807, 2.05) is 13.8 Å². The molecule has 23 heavy (non-hydrogen) atoms. The first-order valence-corrected chi connectivity index (χ1v) is 8.65. The second-order valence-corrected chi connectivity index (χ2v) is 5.77. The third-order valence-corrected chi connectivity index (χ3v) is 3.32. The summed E-state index contributed by atoms with van der Waals surface area (Å²) in [6.45, 7) is 13.0. The Morgan fingerprint density at radius 1 is 0.870 bits per heavy atom. The van der Waals surface area contributed by atoms with Crippen LogP contribution in [0.2, 0.25) is 0 Å². The molecule has 0 radical (unpaired) electrons. The van der Waals surface area contributed by atoms with Crippen LogP contribution in [0.1, 0.15) is 35.5 Å². The molecule has 0 heterocycles. The van der Waals surface area contributed by atoms with E-state index in [-0.39, 0.29) is 19.7 Å². The molecule has 0 aromatic carbocycles. The van der Waals surface area contributed by atoms with Crippen LogP contribution in [0.5, 0.6) is 0 Å². The van der Waals surface area contributed by atoms with Crippen molar-refractivity contribution in [3.05, 3.63) is 0 Å². The molecule has 6 heteroatoms. The number of ketones is 1. The first-order chi connectivity index (χ1) is 11.1. The van der Waals surface area contributed by atoms with Gasteiger partial charge in [-0.2, -0.15) is 0 Å². The van der Waals surface area contributed by atoms with E-state index in [0.29, 0.717) is 52.3 Å². The van der Waals surface area contributed by atoms with Crippen molar-refractivity contribution in [3.8, 4) is 0 Å². The van der Waals surface area contributed by atoms with Crippen molar-refractivity contribution in [3.63, 3.8) is 0 Å². The summed E-state index contributed by atoms with van der Waals surface area (Å²) in [5.74, 6) is 0.229. The monoisotopic (exact) mass is 335 g/mol. The van der Waals surface area contributed by atoms with E-state index in [2.05, 4.69) is 19.2 Å². The smallest absolute Gasteiger partial charge is 0.161 e. The molecule has 0 amide bonds. The van der Waals surface area contributed by atoms with Gasteiger partial charge in [0.25, 0.3) is 0 Å². The number of Topliss-reactive ketones (excluding diaryl/α,β-unsaturated/α-hetero) is 1. The molecule has 0 bridgehead atoms. The van der Waals surface area contributed by atoms with Gasteiger partial charge in [0.05, 0.1) is 46.2 Å². The lowest BCUT2D eigenvalue weighted by Crippen LogP contribution is -2.27. The molecule has 0 fully saturated rings. The number of ether oxygens (including phenoxy) is 4. The average molecular weight is 335 g/mol. The van der Waals surface area contributed by atoms with Gasteiger partial charge in [0.2, 0.25) is 0 Å². The zero-order valence-corrected chi connectivity index (χ0v) is 15.3. The molecule has 0 spiro atoms. The zero-order chi connectivity index (χ0) is 17.3. The molecule has 1 N–H and O–H groups in total. The van der Waals surface area contributed by atoms with Crippen LogP contribution in [-0.4, -0.2) is 71.2 Å². The number of nitrogens with one attached hydrogen (secondary N) is 1. The Kier molecular flexibility index (Phi) is 16.0. The second-order valence-electron chi connectivity index (χ2n) is 5.77. The van der Waals surface area contributed by atoms with E-state index < -0.39 is 0 Å². The van der Waals surface area contributed by atoms with Gasteiger partial charge in [-0.25, -0.2) is 0 Å². The van der Waals surface area contributed by atoms with Gasteiger partial charge < -0.3 is 24.3 Å². The van der Waals surface area contributed by atoms with Crippen LogP contribution in [0.4, 0.5) is 0 Å². The number of carbonyl (C=O) groups excluding carboxylic acids is 1. The minimum atomic E-state index is 0. The molecule has 0 aliphatic carbocycles. The topological polar surface area (TPSA) is 66.0 Å². The molecule has 0 saturated heterocycles. The van der Waals surface area contributed by atoms with Crippen molar-refractivity contribution >= 4 is 5.78 Å². The van der Waals surface area contributed by atoms with Crippen molar-refractivity contribution in [2.75, 3.05) is 59.4 Å². The fourth-order valence-corrected chi connectivity index (χ4v) is 1.62. The van der Waals surface area contributed by atoms with Crippen molar-refractivity contribution < 1.29 is 25.2 Å². The lowest BCUT2D eigenvalue weighted by Gasteiger charge is -2.09. The quantitative estimate of drug-likeness (QED) is 0.410. The van der Waals surface area contributed by atoms with Gasteiger partial charge in [-0.3, -0.25) is 4.79 Å². The summed E-state index contributed by atoms with van der Waals surface area (Å²) < 4.78 is 21.4. The van der Waals surface area contributed by atoms with Crippen LogP contribution < -0.4 is 5.32 Å². The van der Waals surface area contributed by atoms with Crippen molar-refractivity contribution in [1.82, 2.24) is 5.32 Å². The Bertz CT molecular complexity index is 280. The standard InChI is InChI=1S/C17H35NO5.H2/c1-5-16(4)17(19)14-23-13-12-22-11-10-21-9-8-20-7-6-18-15(2)3;/h15-16,18H,5-14H2,1-4H3;1H. The van der Waals surface area contributed by atoms with Crippen LogP contribution >= 0.6 is 0 Å². The second kappa shape index (κ2) is 16.3. The number of carbonyl (C=O) groups is 1. The van der Waals surface area contributed by atoms with Gasteiger partial charge in [0, 0.05) is 19.9 Å². The van der Waals surface area contributed by atoms with Gasteiger partial charge in [-0.15, -0.1) is 0 Å². The van der Waals surface area contributed by atoms with E-state index in [1.165, 1.54) is 0 Å². The number of hydrogen-bond acceptors (Lipinski definition) is 6. The summed E-state index contributed by atoms with van der Waals surface area (Å²) >= 11 is 0. The molecule has 6 nitrogen and oxygen atoms in total. The summed E-state index contributed by atoms with van der Waals surface area (Å²) in [6, 6.07) is 0.490. The number of rotatable bonds is 17. The predicted octanol–water partition coefficient (Wildman–Crippen LogP) is 1.91. The van der Waals surface area contributed by atoms with Crippen LogP contribution in [0.15, 0.2) is 0 Å². The zero-order valence-electron chi connectivity index (χ0n) is 15.3. The Hall–Kier alpha value is -0.530. The maximum Gasteiger partial charge on any atom is 0.161 e. The molecular formula is C17H37NO5. The third-order valence-electron chi connectivity index (χ3n) is 3.32. The molecule has 0 saturated carbocycles. The largest absolute Gasteiger partial charge is 0.378 e. The highest BCUT2D eigenvalue weighted by atomic mass is 16.6. The van der Waals surface area contributed by atoms with Gasteiger partial charge >= 0.3 is 0 Å². The van der Waals surface area contributed by atoms with Crippen molar-refractivity contribution in [2.45, 2.75) is 40.2 Å². The summed E-state index contributed by atoms with van der Waals surface area (Å²) in [6.07, 6.45) is 0.855. The molecule has 0 aromatic rings. The van der Waals surface area contributed by atoms with Crippen LogP contribution in [0.25, 0.3) is 0 Å². The van der Waals surface area contributed by atoms with E-state index in [0.717, 1.165) is 13.0 Å². The van der Waals surface area contributed by atoms with Crippen molar-refractivity contribution in [1.29, 1.82) is 0 Å². The summed E-state index contributed by atoms with van der Waals surface area (Å²) in [5.41, 5.74) is 0. The highest BCUT2D eigenvalue weighted by Crippen LogP contribution is 2.01. The molecule has 140 valence electrons. The minimum Gasteiger partial charge on any atom is -0.378 e. The summed E-state index contributed by atoms with van der Waals surface area (Å²) in [4.78, 5) is 11.5. The predicted molar refractivity (Wildman–Crippen MR) is 93.0 cm³/mol. The van der Waals surface area contributed by atoms with E-state index in [1.54, 1.807) is 0 Å². The SMILES string of the molecule is CCC(C)C(=O)COCCOCCOCCOCCNC(C)C.[HH]. The summed E-state index contributed by atoms with van der Waals surface area (Å²) in [7, 11) is 0. The maximum atomic E-state index is 11.5. The molecule has 1 atom stereocenters. The van der Waals surface area contributed by atoms with Gasteiger partial charge in [-0.1, -0.05) is 27.7 Å². The van der Waals surface area contributed by atoms with Crippen LogP contribution in [-0.2, 0) is 23.7 Å². The van der Waals surface area contributed by atoms with E-state index in [4.69, 9.17) is 18.9 Å². The first-order valence-electron chi connectivity index (χ1n) is 8.65. The highest BCUT2D eigenvalue weighted by molar-refractivity contribution is 5.81. The Labute approximate surface area is 142 Å². The lowest BCUT2D eigenvalue weighted by atomic mass is 10.1. The lowest BCUT2D eigenvalue weighted by molar-refractivity contribution is -0.127. The molecule has 0 aromatic heterocycles. The molecule has 0 rings (SSSR count). The van der Waals surface area contributed by atoms with E-state index >= 15 is 0 Å². The molecule has 0 aliphatic heterocycles. The normalized spacial score (nSPS) is 12.7. The third kappa shape index (κ3) is 16.1. The Morgan fingerprint density at radius 2 is 1.35 bits per heavy atom. The Morgan fingerprint density at radius 3 is 1.83 bits per heavy atom. The number of hydrogen-bond donors (Lipinski definition) is 1. The molecule has 0 aliphatic rings. The average Bonchev–Trinajstić information content (AvgIpc) is 2.53. The van der Waals surface area contributed by atoms with Gasteiger partial charge in [0.1, 0.15) is 6.61 Å². The van der Waals surface area contributed by atoms with Crippen LogP contribution in [0, 0.1) is 5.92 Å². The van der Waals surface area contributed by atoms with E-state index in [9.17, 15) is 4.79 Å². The molecular weight excluding hydrogens is 298 g/mol. The van der Waals surface area contributed by atoms with Gasteiger partial charge in [0.15, 0.2) is 5.78 Å². The maximum absolute atomic E-state index is 11.5. The van der Waals surface area contributed by atoms with Crippen molar-refractivity contribution in [2.24, 2.45) is 5.92 Å². The minimum absolute atomic E-state index is 0. The first kappa shape index (κ1) is 22.5. The Balaban J connectivity index is 0. The molecule has 1 unspecified atom stereocenters. The fraction of sp³-hybridized carbons (Fsp3) is 0.941.